The Labute approximate surface area is 195 Å². The van der Waals surface area contributed by atoms with Crippen molar-refractivity contribution in [2.24, 2.45) is 11.0 Å². The third-order valence-electron chi connectivity index (χ3n) is 5.92. The summed E-state index contributed by atoms with van der Waals surface area (Å²) in [7, 11) is 2.78. The van der Waals surface area contributed by atoms with Gasteiger partial charge in [0.15, 0.2) is 17.7 Å². The van der Waals surface area contributed by atoms with Crippen LogP contribution in [0.4, 0.5) is 14.7 Å². The second-order valence-electron chi connectivity index (χ2n) is 7.99. The number of hydrogen-bond donors (Lipinski definition) is 3. The van der Waals surface area contributed by atoms with Crippen molar-refractivity contribution >= 4 is 33.7 Å². The molecule has 1 aliphatic heterocycles. The maximum Gasteiger partial charge on any atom is 0.259 e. The van der Waals surface area contributed by atoms with Crippen molar-refractivity contribution in [2.45, 2.75) is 43.9 Å². The number of amides is 1. The molecule has 2 unspecified atom stereocenters. The molecule has 4 rings (SSSR count). The Hall–Kier alpha value is -3.05. The van der Waals surface area contributed by atoms with E-state index in [4.69, 9.17) is 9.47 Å². The first kappa shape index (κ1) is 23.1. The zero-order chi connectivity index (χ0) is 23.2. The second-order valence-corrected chi connectivity index (χ2v) is 8.96. The van der Waals surface area contributed by atoms with Crippen molar-refractivity contribution in [1.82, 2.24) is 15.6 Å². The van der Waals surface area contributed by atoms with Crippen molar-refractivity contribution in [3.05, 3.63) is 41.7 Å². The van der Waals surface area contributed by atoms with Crippen LogP contribution < -0.4 is 20.8 Å². The lowest BCUT2D eigenvalue weighted by Crippen LogP contribution is -2.37. The summed E-state index contributed by atoms with van der Waals surface area (Å²) < 4.78 is 24.0. The Bertz CT molecular complexity index is 1020. The molecular weight excluding hydrogens is 447 g/mol. The quantitative estimate of drug-likeness (QED) is 0.537. The highest BCUT2D eigenvalue weighted by Crippen LogP contribution is 2.31. The average molecular weight is 475 g/mol. The molecule has 1 saturated carbocycles. The Balaban J connectivity index is 1.30. The number of nitrogens with one attached hydrogen (secondary N) is 3. The van der Waals surface area contributed by atoms with Gasteiger partial charge in [0, 0.05) is 19.4 Å². The molecule has 176 valence electrons. The monoisotopic (exact) mass is 474 g/mol. The Morgan fingerprint density at radius 1 is 1.21 bits per heavy atom. The summed E-state index contributed by atoms with van der Waals surface area (Å²) in [6.45, 7) is 0. The standard InChI is InChI=1S/C22H27FN6O3S/c1-31-18-12-14(7-10-16(18)23)19(32-2)20(30)26-22-29-28-21(33-22)25-15-8-5-13(6-9-15)17-4-3-11-24-27-17/h3-4,7,10-13,15,17,19,27H,5-6,8-9H2,1-2H3,(H,25,28)(H,26,29,30). The van der Waals surface area contributed by atoms with Gasteiger partial charge in [-0.2, -0.15) is 5.10 Å². The van der Waals surface area contributed by atoms with Crippen LogP contribution in [0.25, 0.3) is 0 Å². The fraction of sp³-hybridized carbons (Fsp3) is 0.455. The number of benzene rings is 1. The van der Waals surface area contributed by atoms with Gasteiger partial charge in [-0.15, -0.1) is 10.2 Å². The summed E-state index contributed by atoms with van der Waals surface area (Å²) in [6, 6.07) is 4.78. The first-order valence-electron chi connectivity index (χ1n) is 10.8. The molecule has 1 aromatic carbocycles. The molecule has 1 amide bonds. The maximum atomic E-state index is 13.7. The summed E-state index contributed by atoms with van der Waals surface area (Å²) in [6.07, 6.45) is 9.22. The lowest BCUT2D eigenvalue weighted by Gasteiger charge is -2.33. The second kappa shape index (κ2) is 10.7. The van der Waals surface area contributed by atoms with Crippen LogP contribution in [0, 0.1) is 11.7 Å². The number of hydrogen-bond acceptors (Lipinski definition) is 9. The van der Waals surface area contributed by atoms with Crippen LogP contribution in [0.5, 0.6) is 5.75 Å². The molecule has 11 heteroatoms. The van der Waals surface area contributed by atoms with Crippen LogP contribution in [0.2, 0.25) is 0 Å². The number of nitrogens with zero attached hydrogens (tertiary/aromatic N) is 3. The predicted octanol–water partition coefficient (Wildman–Crippen LogP) is 3.50. The van der Waals surface area contributed by atoms with Crippen molar-refractivity contribution in [3.63, 3.8) is 0 Å². The minimum Gasteiger partial charge on any atom is -0.494 e. The number of ether oxygens (including phenoxy) is 2. The van der Waals surface area contributed by atoms with Crippen LogP contribution in [-0.2, 0) is 9.53 Å². The summed E-state index contributed by atoms with van der Waals surface area (Å²) in [4.78, 5) is 12.7. The molecule has 2 aromatic rings. The summed E-state index contributed by atoms with van der Waals surface area (Å²) in [5, 5.41) is 19.5. The first-order chi connectivity index (χ1) is 16.1. The highest BCUT2D eigenvalue weighted by molar-refractivity contribution is 7.19. The molecular formula is C22H27FN6O3S. The van der Waals surface area contributed by atoms with Gasteiger partial charge in [-0.05, 0) is 55.4 Å². The molecule has 3 N–H and O–H groups in total. The number of carbonyl (C=O) groups is 1. The number of allylic oxidation sites excluding steroid dienone is 1. The van der Waals surface area contributed by atoms with Gasteiger partial charge >= 0.3 is 0 Å². The normalized spacial score (nSPS) is 22.9. The minimum absolute atomic E-state index is 0.0440. The van der Waals surface area contributed by atoms with Crippen LogP contribution in [0.1, 0.15) is 37.4 Å². The van der Waals surface area contributed by atoms with Gasteiger partial charge in [0.25, 0.3) is 5.91 Å². The number of halogens is 1. The molecule has 1 aromatic heterocycles. The number of carbonyl (C=O) groups excluding carboxylic acids is 1. The highest BCUT2D eigenvalue weighted by Gasteiger charge is 2.28. The van der Waals surface area contributed by atoms with Crippen molar-refractivity contribution in [1.29, 1.82) is 0 Å². The van der Waals surface area contributed by atoms with E-state index in [1.54, 1.807) is 6.21 Å². The Morgan fingerprint density at radius 3 is 2.70 bits per heavy atom. The topological polar surface area (TPSA) is 110 Å². The number of rotatable bonds is 8. The van der Waals surface area contributed by atoms with Gasteiger partial charge < -0.3 is 20.2 Å². The van der Waals surface area contributed by atoms with Crippen LogP contribution >= 0.6 is 11.3 Å². The van der Waals surface area contributed by atoms with Gasteiger partial charge in [0.05, 0.1) is 13.2 Å². The summed E-state index contributed by atoms with van der Waals surface area (Å²) >= 11 is 1.27. The lowest BCUT2D eigenvalue weighted by atomic mass is 9.81. The predicted molar refractivity (Wildman–Crippen MR) is 125 cm³/mol. The smallest absolute Gasteiger partial charge is 0.259 e. The van der Waals surface area contributed by atoms with E-state index >= 15 is 0 Å². The first-order valence-corrected chi connectivity index (χ1v) is 11.6. The van der Waals surface area contributed by atoms with E-state index in [1.807, 2.05) is 6.08 Å². The van der Waals surface area contributed by atoms with Crippen molar-refractivity contribution < 1.29 is 18.7 Å². The molecule has 9 nitrogen and oxygen atoms in total. The molecule has 1 aliphatic carbocycles. The third kappa shape index (κ3) is 5.66. The van der Waals surface area contributed by atoms with E-state index in [-0.39, 0.29) is 5.75 Å². The van der Waals surface area contributed by atoms with Crippen LogP contribution in [0.15, 0.2) is 35.5 Å². The fourth-order valence-electron chi connectivity index (χ4n) is 4.18. The minimum atomic E-state index is -0.943. The van der Waals surface area contributed by atoms with Crippen LogP contribution in [-0.4, -0.2) is 48.6 Å². The molecule has 0 bridgehead atoms. The summed E-state index contributed by atoms with van der Waals surface area (Å²) in [5.41, 5.74) is 3.65. The number of anilines is 2. The molecule has 2 aliphatic rings. The van der Waals surface area contributed by atoms with Gasteiger partial charge in [-0.3, -0.25) is 10.1 Å². The highest BCUT2D eigenvalue weighted by atomic mass is 32.1. The molecule has 33 heavy (non-hydrogen) atoms. The van der Waals surface area contributed by atoms with E-state index in [9.17, 15) is 9.18 Å². The lowest BCUT2D eigenvalue weighted by molar-refractivity contribution is -0.126. The fourth-order valence-corrected chi connectivity index (χ4v) is 4.91. The van der Waals surface area contributed by atoms with Gasteiger partial charge in [0.1, 0.15) is 0 Å². The van der Waals surface area contributed by atoms with Gasteiger partial charge in [-0.25, -0.2) is 4.39 Å². The van der Waals surface area contributed by atoms with E-state index < -0.39 is 17.8 Å². The maximum absolute atomic E-state index is 13.7. The number of aromatic nitrogens is 2. The zero-order valence-corrected chi connectivity index (χ0v) is 19.3. The molecule has 0 radical (unpaired) electrons. The molecule has 2 atom stereocenters. The van der Waals surface area contributed by atoms with E-state index in [0.29, 0.717) is 33.8 Å². The zero-order valence-electron chi connectivity index (χ0n) is 18.5. The Morgan fingerprint density at radius 2 is 2.00 bits per heavy atom. The molecule has 0 spiro atoms. The van der Waals surface area contributed by atoms with Crippen LogP contribution in [0.3, 0.4) is 0 Å². The van der Waals surface area contributed by atoms with Gasteiger partial charge in [-0.1, -0.05) is 23.5 Å². The SMILES string of the molecule is COc1cc(C(OC)C(=O)Nc2nnc(NC3CCC(C4C=CC=NN4)CC3)s2)ccc1F. The van der Waals surface area contributed by atoms with E-state index in [0.717, 1.165) is 25.7 Å². The number of hydrazone groups is 1. The largest absolute Gasteiger partial charge is 0.494 e. The van der Waals surface area contributed by atoms with Crippen molar-refractivity contribution in [3.8, 4) is 5.75 Å². The average Bonchev–Trinajstić information content (AvgIpc) is 3.28. The molecule has 0 saturated heterocycles. The van der Waals surface area contributed by atoms with E-state index in [1.165, 1.54) is 43.8 Å². The number of methoxy groups -OCH3 is 2. The van der Waals surface area contributed by atoms with Gasteiger partial charge in [0.2, 0.25) is 10.3 Å². The molecule has 2 heterocycles. The summed E-state index contributed by atoms with van der Waals surface area (Å²) in [5.74, 6) is -0.324. The van der Waals surface area contributed by atoms with Crippen molar-refractivity contribution in [2.75, 3.05) is 24.9 Å². The third-order valence-corrected chi connectivity index (χ3v) is 6.69. The molecule has 1 fully saturated rings. The van der Waals surface area contributed by atoms with E-state index in [2.05, 4.69) is 37.4 Å². The Kier molecular flexibility index (Phi) is 7.50.